The number of primary amides is 1. The van der Waals surface area contributed by atoms with E-state index in [1.54, 1.807) is 38.1 Å². The van der Waals surface area contributed by atoms with Gasteiger partial charge in [-0.05, 0) is 44.5 Å². The average molecular weight is 293 g/mol. The van der Waals surface area contributed by atoms with Gasteiger partial charge < -0.3 is 21.5 Å². The standard InChI is InChI=1S/C14H19N3O4/c1-14(2,8-7-11(18)19)17-12(20)9-3-5-10(6-4-9)16-13(15)21/h3-6H,7-8H2,1-2H3,(H,17,20)(H,18,19)(H3,15,16,21). The predicted octanol–water partition coefficient (Wildman–Crippen LogP) is 1.55. The number of hydrogen-bond acceptors (Lipinski definition) is 3. The highest BCUT2D eigenvalue weighted by Gasteiger charge is 2.22. The van der Waals surface area contributed by atoms with E-state index in [0.29, 0.717) is 17.7 Å². The van der Waals surface area contributed by atoms with E-state index in [2.05, 4.69) is 10.6 Å². The zero-order valence-corrected chi connectivity index (χ0v) is 12.0. The highest BCUT2D eigenvalue weighted by atomic mass is 16.4. The Labute approximate surface area is 122 Å². The van der Waals surface area contributed by atoms with Crippen LogP contribution in [-0.2, 0) is 4.79 Å². The Bertz CT molecular complexity index is 538. The normalized spacial score (nSPS) is 10.8. The van der Waals surface area contributed by atoms with Crippen molar-refractivity contribution in [3.05, 3.63) is 29.8 Å². The Hall–Kier alpha value is -2.57. The molecule has 0 saturated heterocycles. The van der Waals surface area contributed by atoms with E-state index in [1.807, 2.05) is 0 Å². The van der Waals surface area contributed by atoms with Crippen molar-refractivity contribution in [3.63, 3.8) is 0 Å². The molecule has 7 nitrogen and oxygen atoms in total. The van der Waals surface area contributed by atoms with Gasteiger partial charge >= 0.3 is 12.0 Å². The van der Waals surface area contributed by atoms with E-state index in [0.717, 1.165) is 0 Å². The van der Waals surface area contributed by atoms with Crippen molar-refractivity contribution in [2.75, 3.05) is 5.32 Å². The molecule has 5 N–H and O–H groups in total. The number of amides is 3. The lowest BCUT2D eigenvalue weighted by Gasteiger charge is -2.25. The van der Waals surface area contributed by atoms with E-state index in [9.17, 15) is 14.4 Å². The Morgan fingerprint density at radius 3 is 2.24 bits per heavy atom. The van der Waals surface area contributed by atoms with Crippen LogP contribution in [0.2, 0.25) is 0 Å². The summed E-state index contributed by atoms with van der Waals surface area (Å²) in [5, 5.41) is 13.8. The minimum atomic E-state index is -0.904. The van der Waals surface area contributed by atoms with Crippen LogP contribution in [0.4, 0.5) is 10.5 Å². The minimum absolute atomic E-state index is 0.0191. The molecule has 0 radical (unpaired) electrons. The van der Waals surface area contributed by atoms with E-state index in [1.165, 1.54) is 0 Å². The van der Waals surface area contributed by atoms with Gasteiger partial charge in [0.2, 0.25) is 0 Å². The molecule has 1 aromatic carbocycles. The van der Waals surface area contributed by atoms with Gasteiger partial charge in [0.05, 0.1) is 0 Å². The SMILES string of the molecule is CC(C)(CCC(=O)O)NC(=O)c1ccc(NC(N)=O)cc1. The van der Waals surface area contributed by atoms with Gasteiger partial charge in [-0.2, -0.15) is 0 Å². The number of carboxylic acid groups (broad SMARTS) is 1. The van der Waals surface area contributed by atoms with Crippen LogP contribution in [-0.4, -0.2) is 28.6 Å². The van der Waals surface area contributed by atoms with Crippen molar-refractivity contribution < 1.29 is 19.5 Å². The van der Waals surface area contributed by atoms with Crippen LogP contribution in [0.3, 0.4) is 0 Å². The second kappa shape index (κ2) is 6.74. The molecule has 0 spiro atoms. The monoisotopic (exact) mass is 293 g/mol. The molecule has 0 bridgehead atoms. The number of nitrogens with two attached hydrogens (primary N) is 1. The fraction of sp³-hybridized carbons (Fsp3) is 0.357. The molecule has 3 amide bonds. The quantitative estimate of drug-likeness (QED) is 0.635. The molecule has 1 rings (SSSR count). The number of hydrogen-bond donors (Lipinski definition) is 4. The maximum absolute atomic E-state index is 12.1. The van der Waals surface area contributed by atoms with Crippen LogP contribution in [0, 0.1) is 0 Å². The molecule has 0 fully saturated rings. The summed E-state index contributed by atoms with van der Waals surface area (Å²) in [5.74, 6) is -1.21. The molecule has 21 heavy (non-hydrogen) atoms. The molecule has 1 aromatic rings. The molecule has 0 aliphatic carbocycles. The maximum Gasteiger partial charge on any atom is 0.316 e. The number of aliphatic carboxylic acids is 1. The number of nitrogens with one attached hydrogen (secondary N) is 2. The number of benzene rings is 1. The fourth-order valence-corrected chi connectivity index (χ4v) is 1.71. The second-order valence-electron chi connectivity index (χ2n) is 5.30. The first-order chi connectivity index (χ1) is 9.69. The molecular formula is C14H19N3O4. The number of rotatable bonds is 6. The highest BCUT2D eigenvalue weighted by molar-refractivity contribution is 5.95. The lowest BCUT2D eigenvalue weighted by atomic mass is 9.97. The molecule has 114 valence electrons. The van der Waals surface area contributed by atoms with Crippen LogP contribution in [0.15, 0.2) is 24.3 Å². The summed E-state index contributed by atoms with van der Waals surface area (Å²) in [6, 6.07) is 5.54. The summed E-state index contributed by atoms with van der Waals surface area (Å²) in [6.07, 6.45) is 0.310. The number of carbonyl (C=O) groups is 3. The lowest BCUT2D eigenvalue weighted by Crippen LogP contribution is -2.43. The van der Waals surface area contributed by atoms with Gasteiger partial charge in [0.1, 0.15) is 0 Å². The third-order valence-corrected chi connectivity index (χ3v) is 2.83. The van der Waals surface area contributed by atoms with Crippen molar-refractivity contribution in [3.8, 4) is 0 Å². The van der Waals surface area contributed by atoms with Crippen LogP contribution >= 0.6 is 0 Å². The number of anilines is 1. The first-order valence-corrected chi connectivity index (χ1v) is 6.40. The molecule has 7 heteroatoms. The van der Waals surface area contributed by atoms with Crippen LogP contribution in [0.25, 0.3) is 0 Å². The zero-order chi connectivity index (χ0) is 16.0. The van der Waals surface area contributed by atoms with Gasteiger partial charge in [-0.25, -0.2) is 4.79 Å². The average Bonchev–Trinajstić information content (AvgIpc) is 2.36. The van der Waals surface area contributed by atoms with E-state index in [-0.39, 0.29) is 12.3 Å². The Morgan fingerprint density at radius 1 is 1.19 bits per heavy atom. The molecule has 0 saturated carbocycles. The minimum Gasteiger partial charge on any atom is -0.481 e. The van der Waals surface area contributed by atoms with Gasteiger partial charge in [0, 0.05) is 23.2 Å². The van der Waals surface area contributed by atoms with Gasteiger partial charge in [0.25, 0.3) is 5.91 Å². The summed E-state index contributed by atoms with van der Waals surface area (Å²) in [4.78, 5) is 33.3. The Morgan fingerprint density at radius 2 is 1.76 bits per heavy atom. The third-order valence-electron chi connectivity index (χ3n) is 2.83. The molecule has 0 unspecified atom stereocenters. The van der Waals surface area contributed by atoms with Gasteiger partial charge in [-0.3, -0.25) is 9.59 Å². The van der Waals surface area contributed by atoms with Crippen LogP contribution in [0.5, 0.6) is 0 Å². The summed E-state index contributed by atoms with van der Waals surface area (Å²) in [5.41, 5.74) is 5.26. The van der Waals surface area contributed by atoms with Crippen LogP contribution in [0.1, 0.15) is 37.0 Å². The molecule has 0 aliphatic rings. The smallest absolute Gasteiger partial charge is 0.316 e. The van der Waals surface area contributed by atoms with Crippen molar-refractivity contribution in [2.24, 2.45) is 5.73 Å². The third kappa shape index (κ3) is 5.94. The number of carbonyl (C=O) groups excluding carboxylic acids is 2. The van der Waals surface area contributed by atoms with Crippen molar-refractivity contribution in [2.45, 2.75) is 32.2 Å². The predicted molar refractivity (Wildman–Crippen MR) is 78.1 cm³/mol. The summed E-state index contributed by atoms with van der Waals surface area (Å²) >= 11 is 0. The van der Waals surface area contributed by atoms with Gasteiger partial charge in [0.15, 0.2) is 0 Å². The van der Waals surface area contributed by atoms with Gasteiger partial charge in [-0.15, -0.1) is 0 Å². The second-order valence-corrected chi connectivity index (χ2v) is 5.30. The first kappa shape index (κ1) is 16.5. The molecule has 0 heterocycles. The molecule has 0 aromatic heterocycles. The molecule has 0 aliphatic heterocycles. The maximum atomic E-state index is 12.1. The lowest BCUT2D eigenvalue weighted by molar-refractivity contribution is -0.137. The summed E-state index contributed by atoms with van der Waals surface area (Å²) in [7, 11) is 0. The van der Waals surface area contributed by atoms with E-state index in [4.69, 9.17) is 10.8 Å². The topological polar surface area (TPSA) is 122 Å². The van der Waals surface area contributed by atoms with Gasteiger partial charge in [-0.1, -0.05) is 0 Å². The number of urea groups is 1. The number of carboxylic acids is 1. The highest BCUT2D eigenvalue weighted by Crippen LogP contribution is 2.14. The fourth-order valence-electron chi connectivity index (χ4n) is 1.71. The van der Waals surface area contributed by atoms with E-state index < -0.39 is 17.5 Å². The zero-order valence-electron chi connectivity index (χ0n) is 12.0. The van der Waals surface area contributed by atoms with Crippen molar-refractivity contribution >= 4 is 23.6 Å². The first-order valence-electron chi connectivity index (χ1n) is 6.40. The van der Waals surface area contributed by atoms with Crippen LogP contribution < -0.4 is 16.4 Å². The summed E-state index contributed by atoms with van der Waals surface area (Å²) in [6.45, 7) is 3.52. The van der Waals surface area contributed by atoms with Crippen molar-refractivity contribution in [1.29, 1.82) is 0 Å². The Balaban J connectivity index is 2.66. The van der Waals surface area contributed by atoms with E-state index >= 15 is 0 Å². The van der Waals surface area contributed by atoms with Crippen molar-refractivity contribution in [1.82, 2.24) is 5.32 Å². The molecular weight excluding hydrogens is 274 g/mol. The largest absolute Gasteiger partial charge is 0.481 e. The molecule has 0 atom stereocenters. The Kier molecular flexibility index (Phi) is 5.29. The summed E-state index contributed by atoms with van der Waals surface area (Å²) < 4.78 is 0.